The number of aromatic nitrogens is 2. The van der Waals surface area contributed by atoms with Crippen LogP contribution in [0.15, 0.2) is 30.5 Å². The molecule has 0 radical (unpaired) electrons. The first-order chi connectivity index (χ1) is 9.63. The van der Waals surface area contributed by atoms with Gasteiger partial charge < -0.3 is 10.6 Å². The highest BCUT2D eigenvalue weighted by molar-refractivity contribution is 5.52. The van der Waals surface area contributed by atoms with Crippen molar-refractivity contribution in [3.63, 3.8) is 0 Å². The zero-order chi connectivity index (χ0) is 14.1. The summed E-state index contributed by atoms with van der Waals surface area (Å²) in [5.41, 5.74) is 9.81. The van der Waals surface area contributed by atoms with E-state index in [0.29, 0.717) is 0 Å². The van der Waals surface area contributed by atoms with Crippen LogP contribution in [0.4, 0.5) is 11.4 Å². The third kappa shape index (κ3) is 2.50. The minimum atomic E-state index is 0.735. The maximum absolute atomic E-state index is 5.85. The molecule has 2 aromatic rings. The Hall–Kier alpha value is -1.97. The van der Waals surface area contributed by atoms with Crippen molar-refractivity contribution in [1.82, 2.24) is 9.78 Å². The van der Waals surface area contributed by atoms with Gasteiger partial charge in [-0.25, -0.2) is 4.68 Å². The monoisotopic (exact) mass is 270 g/mol. The largest absolute Gasteiger partial charge is 0.396 e. The van der Waals surface area contributed by atoms with E-state index in [2.05, 4.69) is 41.2 Å². The van der Waals surface area contributed by atoms with Gasteiger partial charge in [0.05, 0.1) is 23.3 Å². The van der Waals surface area contributed by atoms with Gasteiger partial charge in [-0.05, 0) is 49.9 Å². The Balaban J connectivity index is 1.77. The number of nitrogen functional groups attached to an aromatic ring is 1. The van der Waals surface area contributed by atoms with Crippen molar-refractivity contribution in [2.75, 3.05) is 23.7 Å². The van der Waals surface area contributed by atoms with Crippen LogP contribution in [0.1, 0.15) is 25.5 Å². The third-order valence-electron chi connectivity index (χ3n) is 4.20. The van der Waals surface area contributed by atoms with Crippen molar-refractivity contribution in [3.8, 4) is 5.69 Å². The van der Waals surface area contributed by atoms with Crippen LogP contribution in [0.5, 0.6) is 0 Å². The van der Waals surface area contributed by atoms with E-state index in [4.69, 9.17) is 5.73 Å². The number of benzene rings is 1. The van der Waals surface area contributed by atoms with Gasteiger partial charge in [0.2, 0.25) is 0 Å². The molecule has 0 atom stereocenters. The van der Waals surface area contributed by atoms with E-state index in [1.807, 2.05) is 17.8 Å². The van der Waals surface area contributed by atoms with Crippen LogP contribution in [0, 0.1) is 12.8 Å². The van der Waals surface area contributed by atoms with Crippen molar-refractivity contribution < 1.29 is 0 Å². The van der Waals surface area contributed by atoms with Gasteiger partial charge >= 0.3 is 0 Å². The molecule has 20 heavy (non-hydrogen) atoms. The van der Waals surface area contributed by atoms with Crippen molar-refractivity contribution in [2.45, 2.75) is 26.7 Å². The second-order valence-electron chi connectivity index (χ2n) is 5.80. The number of hydrogen-bond acceptors (Lipinski definition) is 3. The van der Waals surface area contributed by atoms with Gasteiger partial charge in [-0.15, -0.1) is 0 Å². The van der Waals surface area contributed by atoms with Gasteiger partial charge in [0.25, 0.3) is 0 Å². The number of nitrogens with zero attached hydrogens (tertiary/aromatic N) is 3. The molecule has 0 saturated carbocycles. The quantitative estimate of drug-likeness (QED) is 0.912. The highest BCUT2D eigenvalue weighted by Crippen LogP contribution is 2.24. The summed E-state index contributed by atoms with van der Waals surface area (Å²) < 4.78 is 1.84. The molecule has 0 bridgehead atoms. The molecule has 1 aromatic carbocycles. The molecule has 3 rings (SSSR count). The van der Waals surface area contributed by atoms with Crippen LogP contribution in [0.25, 0.3) is 5.69 Å². The third-order valence-corrected chi connectivity index (χ3v) is 4.20. The summed E-state index contributed by atoms with van der Waals surface area (Å²) in [6, 6.07) is 8.58. The molecule has 0 unspecified atom stereocenters. The van der Waals surface area contributed by atoms with Gasteiger partial charge in [-0.2, -0.15) is 5.10 Å². The van der Waals surface area contributed by atoms with Gasteiger partial charge in [0, 0.05) is 18.8 Å². The van der Waals surface area contributed by atoms with Crippen LogP contribution in [0.3, 0.4) is 0 Å². The molecular formula is C16H22N4. The van der Waals surface area contributed by atoms with Crippen LogP contribution < -0.4 is 10.6 Å². The van der Waals surface area contributed by atoms with E-state index >= 15 is 0 Å². The Morgan fingerprint density at radius 3 is 2.25 bits per heavy atom. The fourth-order valence-corrected chi connectivity index (χ4v) is 2.69. The number of rotatable bonds is 2. The zero-order valence-corrected chi connectivity index (χ0v) is 12.2. The number of anilines is 2. The number of aryl methyl sites for hydroxylation is 1. The van der Waals surface area contributed by atoms with Crippen LogP contribution >= 0.6 is 0 Å². The molecule has 4 heteroatoms. The average molecular weight is 270 g/mol. The molecule has 0 amide bonds. The van der Waals surface area contributed by atoms with E-state index in [1.165, 1.54) is 18.5 Å². The number of piperidine rings is 1. The van der Waals surface area contributed by atoms with E-state index in [-0.39, 0.29) is 0 Å². The molecule has 1 aliphatic rings. The number of hydrogen-bond donors (Lipinski definition) is 1. The fraction of sp³-hybridized carbons (Fsp3) is 0.438. The molecular weight excluding hydrogens is 248 g/mol. The van der Waals surface area contributed by atoms with Gasteiger partial charge in [0.1, 0.15) is 0 Å². The fourth-order valence-electron chi connectivity index (χ4n) is 2.69. The topological polar surface area (TPSA) is 47.1 Å². The molecule has 1 aromatic heterocycles. The SMILES string of the molecule is Cc1nn(-c2ccc(N3CCC(C)CC3)cc2)cc1N. The van der Waals surface area contributed by atoms with E-state index < -0.39 is 0 Å². The van der Waals surface area contributed by atoms with Crippen molar-refractivity contribution in [2.24, 2.45) is 5.92 Å². The maximum atomic E-state index is 5.85. The Labute approximate surface area is 120 Å². The van der Waals surface area contributed by atoms with Crippen molar-refractivity contribution >= 4 is 11.4 Å². The minimum absolute atomic E-state index is 0.735. The second kappa shape index (κ2) is 5.19. The Morgan fingerprint density at radius 2 is 1.70 bits per heavy atom. The average Bonchev–Trinajstić information content (AvgIpc) is 2.80. The first-order valence-electron chi connectivity index (χ1n) is 7.30. The molecule has 1 saturated heterocycles. The molecule has 2 N–H and O–H groups in total. The van der Waals surface area contributed by atoms with Gasteiger partial charge in [-0.3, -0.25) is 0 Å². The molecule has 0 aliphatic carbocycles. The van der Waals surface area contributed by atoms with Crippen molar-refractivity contribution in [3.05, 3.63) is 36.2 Å². The van der Waals surface area contributed by atoms with Crippen LogP contribution in [-0.4, -0.2) is 22.9 Å². The van der Waals surface area contributed by atoms with Crippen LogP contribution in [0.2, 0.25) is 0 Å². The zero-order valence-electron chi connectivity index (χ0n) is 12.2. The molecule has 1 aliphatic heterocycles. The lowest BCUT2D eigenvalue weighted by atomic mass is 9.99. The van der Waals surface area contributed by atoms with Gasteiger partial charge in [0.15, 0.2) is 0 Å². The number of nitrogens with two attached hydrogens (primary N) is 1. The molecule has 0 spiro atoms. The predicted octanol–water partition coefficient (Wildman–Crippen LogP) is 3.00. The molecule has 106 valence electrons. The Kier molecular flexibility index (Phi) is 3.38. The Bertz CT molecular complexity index is 558. The smallest absolute Gasteiger partial charge is 0.0827 e. The van der Waals surface area contributed by atoms with Gasteiger partial charge in [-0.1, -0.05) is 6.92 Å². The highest BCUT2D eigenvalue weighted by Gasteiger charge is 2.15. The van der Waals surface area contributed by atoms with Crippen LogP contribution in [-0.2, 0) is 0 Å². The van der Waals surface area contributed by atoms with E-state index in [0.717, 1.165) is 36.1 Å². The summed E-state index contributed by atoms with van der Waals surface area (Å²) in [6.07, 6.45) is 4.44. The highest BCUT2D eigenvalue weighted by atomic mass is 15.3. The Morgan fingerprint density at radius 1 is 1.10 bits per heavy atom. The molecule has 2 heterocycles. The summed E-state index contributed by atoms with van der Waals surface area (Å²) in [7, 11) is 0. The standard InChI is InChI=1S/C16H22N4/c1-12-7-9-19(10-8-12)14-3-5-15(6-4-14)20-11-16(17)13(2)18-20/h3-6,11-12H,7-10,17H2,1-2H3. The summed E-state index contributed by atoms with van der Waals surface area (Å²) in [6.45, 7) is 6.59. The van der Waals surface area contributed by atoms with E-state index in [9.17, 15) is 0 Å². The minimum Gasteiger partial charge on any atom is -0.396 e. The van der Waals surface area contributed by atoms with Crippen molar-refractivity contribution in [1.29, 1.82) is 0 Å². The lowest BCUT2D eigenvalue weighted by molar-refractivity contribution is 0.438. The summed E-state index contributed by atoms with van der Waals surface area (Å²) in [4.78, 5) is 2.46. The first-order valence-corrected chi connectivity index (χ1v) is 7.30. The van der Waals surface area contributed by atoms with E-state index in [1.54, 1.807) is 0 Å². The second-order valence-corrected chi connectivity index (χ2v) is 5.80. The molecule has 4 nitrogen and oxygen atoms in total. The summed E-state index contributed by atoms with van der Waals surface area (Å²) >= 11 is 0. The molecule has 1 fully saturated rings. The summed E-state index contributed by atoms with van der Waals surface area (Å²) in [5, 5.41) is 4.41. The first kappa shape index (κ1) is 13.0. The summed E-state index contributed by atoms with van der Waals surface area (Å²) in [5.74, 6) is 0.862. The lowest BCUT2D eigenvalue weighted by Crippen LogP contribution is -2.32. The maximum Gasteiger partial charge on any atom is 0.0827 e. The normalized spacial score (nSPS) is 16.6. The lowest BCUT2D eigenvalue weighted by Gasteiger charge is -2.32. The predicted molar refractivity (Wildman–Crippen MR) is 83.3 cm³/mol.